The second-order valence-corrected chi connectivity index (χ2v) is 5.37. The number of benzene rings is 1. The summed E-state index contributed by atoms with van der Waals surface area (Å²) in [6.45, 7) is 2.53. The molecule has 0 bridgehead atoms. The maximum Gasteiger partial charge on any atom is 0.416 e. The second kappa shape index (κ2) is 5.64. The number of hydrogen-bond acceptors (Lipinski definition) is 1. The highest BCUT2D eigenvalue weighted by atomic mass is 35.5. The van der Waals surface area contributed by atoms with E-state index in [1.807, 2.05) is 6.92 Å². The molecule has 0 spiro atoms. The molecule has 2 atom stereocenters. The predicted octanol–water partition coefficient (Wildman–Crippen LogP) is 3.79. The van der Waals surface area contributed by atoms with Crippen LogP contribution < -0.4 is 0 Å². The first kappa shape index (κ1) is 15.2. The Bertz CT molecular complexity index is 503. The molecule has 1 amide bonds. The molecular weight excluding hydrogens is 291 g/mol. The van der Waals surface area contributed by atoms with Crippen LogP contribution >= 0.6 is 11.6 Å². The van der Waals surface area contributed by atoms with Crippen LogP contribution in [0, 0.1) is 5.92 Å². The first-order valence-electron chi connectivity index (χ1n) is 6.38. The quantitative estimate of drug-likeness (QED) is 0.761. The van der Waals surface area contributed by atoms with Gasteiger partial charge < -0.3 is 4.90 Å². The number of likely N-dealkylation sites (tertiary alicyclic amines) is 1. The fourth-order valence-electron chi connectivity index (χ4n) is 2.49. The van der Waals surface area contributed by atoms with E-state index in [1.165, 1.54) is 12.1 Å². The maximum absolute atomic E-state index is 12.7. The molecule has 2 nitrogen and oxygen atoms in total. The summed E-state index contributed by atoms with van der Waals surface area (Å²) in [5, 5.41) is 0. The average molecular weight is 306 g/mol. The van der Waals surface area contributed by atoms with Crippen molar-refractivity contribution in [3.8, 4) is 0 Å². The number of amides is 1. The van der Waals surface area contributed by atoms with Gasteiger partial charge in [-0.05, 0) is 30.5 Å². The minimum atomic E-state index is -4.44. The Labute approximate surface area is 120 Å². The molecule has 20 heavy (non-hydrogen) atoms. The minimum Gasteiger partial charge on any atom is -0.334 e. The summed E-state index contributed by atoms with van der Waals surface area (Å²) in [4.78, 5) is 13.9. The molecular formula is C14H15ClF3NO. The Kier molecular flexibility index (Phi) is 4.28. The fourth-order valence-corrected chi connectivity index (χ4v) is 2.96. The largest absolute Gasteiger partial charge is 0.416 e. The minimum absolute atomic E-state index is 0.0593. The van der Waals surface area contributed by atoms with E-state index < -0.39 is 11.7 Å². The highest BCUT2D eigenvalue weighted by molar-refractivity contribution is 6.18. The fraction of sp³-hybridized carbons (Fsp3) is 0.500. The second-order valence-electron chi connectivity index (χ2n) is 5.06. The summed E-state index contributed by atoms with van der Waals surface area (Å²) in [6.07, 6.45) is -3.62. The van der Waals surface area contributed by atoms with Crippen molar-refractivity contribution in [1.29, 1.82) is 0 Å². The van der Waals surface area contributed by atoms with Crippen LogP contribution in [0.15, 0.2) is 24.3 Å². The molecule has 110 valence electrons. The summed E-state index contributed by atoms with van der Waals surface area (Å²) < 4.78 is 38.0. The number of carbonyl (C=O) groups is 1. The van der Waals surface area contributed by atoms with Gasteiger partial charge in [-0.3, -0.25) is 4.79 Å². The summed E-state index contributed by atoms with van der Waals surface area (Å²) in [5.74, 6) is 0.180. The number of halogens is 4. The number of alkyl halides is 4. The van der Waals surface area contributed by atoms with E-state index in [9.17, 15) is 18.0 Å². The first-order valence-corrected chi connectivity index (χ1v) is 6.92. The van der Waals surface area contributed by atoms with Gasteiger partial charge in [0.25, 0.3) is 5.91 Å². The van der Waals surface area contributed by atoms with Crippen LogP contribution in [0.1, 0.15) is 29.3 Å². The molecule has 2 unspecified atom stereocenters. The van der Waals surface area contributed by atoms with Gasteiger partial charge in [-0.25, -0.2) is 0 Å². The molecule has 1 aliphatic rings. The van der Waals surface area contributed by atoms with E-state index in [0.29, 0.717) is 12.4 Å². The van der Waals surface area contributed by atoms with Crippen LogP contribution in [0.2, 0.25) is 0 Å². The smallest absolute Gasteiger partial charge is 0.334 e. The molecule has 1 aromatic carbocycles. The summed E-state index contributed by atoms with van der Waals surface area (Å²) in [6, 6.07) is 4.41. The predicted molar refractivity (Wildman–Crippen MR) is 70.8 cm³/mol. The normalized spacial score (nSPS) is 23.1. The van der Waals surface area contributed by atoms with Crippen molar-refractivity contribution >= 4 is 17.5 Å². The molecule has 0 saturated carbocycles. The van der Waals surface area contributed by atoms with E-state index in [-0.39, 0.29) is 23.4 Å². The van der Waals surface area contributed by atoms with E-state index >= 15 is 0 Å². The Hall–Kier alpha value is -1.23. The Balaban J connectivity index is 2.26. The van der Waals surface area contributed by atoms with Crippen molar-refractivity contribution in [2.24, 2.45) is 5.92 Å². The van der Waals surface area contributed by atoms with Gasteiger partial charge in [-0.2, -0.15) is 13.2 Å². The van der Waals surface area contributed by atoms with Crippen molar-refractivity contribution in [3.63, 3.8) is 0 Å². The van der Waals surface area contributed by atoms with Crippen LogP contribution in [0.3, 0.4) is 0 Å². The highest BCUT2D eigenvalue weighted by Crippen LogP contribution is 2.31. The topological polar surface area (TPSA) is 20.3 Å². The zero-order chi connectivity index (χ0) is 14.9. The summed E-state index contributed by atoms with van der Waals surface area (Å²) >= 11 is 5.86. The number of carbonyl (C=O) groups excluding carboxylic acids is 1. The average Bonchev–Trinajstić information content (AvgIpc) is 2.78. The van der Waals surface area contributed by atoms with E-state index in [0.717, 1.165) is 18.6 Å². The van der Waals surface area contributed by atoms with E-state index in [4.69, 9.17) is 11.6 Å². The van der Waals surface area contributed by atoms with Gasteiger partial charge in [0, 0.05) is 24.0 Å². The molecule has 2 rings (SSSR count). The van der Waals surface area contributed by atoms with Crippen LogP contribution in [-0.2, 0) is 6.18 Å². The molecule has 0 aromatic heterocycles. The van der Waals surface area contributed by atoms with Gasteiger partial charge in [0.2, 0.25) is 0 Å². The molecule has 0 aliphatic carbocycles. The van der Waals surface area contributed by atoms with Gasteiger partial charge in [0.05, 0.1) is 5.56 Å². The summed E-state index contributed by atoms with van der Waals surface area (Å²) in [7, 11) is 0. The third kappa shape index (κ3) is 2.92. The Morgan fingerprint density at radius 2 is 2.15 bits per heavy atom. The lowest BCUT2D eigenvalue weighted by molar-refractivity contribution is -0.137. The Morgan fingerprint density at radius 3 is 2.75 bits per heavy atom. The lowest BCUT2D eigenvalue weighted by Gasteiger charge is -2.25. The monoisotopic (exact) mass is 305 g/mol. The van der Waals surface area contributed by atoms with Gasteiger partial charge in [0.1, 0.15) is 0 Å². The van der Waals surface area contributed by atoms with Crippen molar-refractivity contribution in [1.82, 2.24) is 4.90 Å². The van der Waals surface area contributed by atoms with Crippen molar-refractivity contribution in [2.75, 3.05) is 12.4 Å². The lowest BCUT2D eigenvalue weighted by atomic mass is 10.0. The van der Waals surface area contributed by atoms with Crippen LogP contribution in [0.5, 0.6) is 0 Å². The third-order valence-electron chi connectivity index (χ3n) is 3.74. The number of hydrogen-bond donors (Lipinski definition) is 0. The van der Waals surface area contributed by atoms with Gasteiger partial charge in [-0.15, -0.1) is 11.6 Å². The van der Waals surface area contributed by atoms with Gasteiger partial charge >= 0.3 is 6.18 Å². The Morgan fingerprint density at radius 1 is 1.45 bits per heavy atom. The van der Waals surface area contributed by atoms with Crippen LogP contribution in [0.4, 0.5) is 13.2 Å². The zero-order valence-corrected chi connectivity index (χ0v) is 11.7. The molecule has 1 saturated heterocycles. The molecule has 1 fully saturated rings. The molecule has 1 aromatic rings. The standard InChI is InChI=1S/C14H15ClF3NO/c1-9-5-6-19(12(9)8-15)13(20)10-3-2-4-11(7-10)14(16,17)18/h2-4,7,9,12H,5-6,8H2,1H3. The van der Waals surface area contributed by atoms with Crippen LogP contribution in [-0.4, -0.2) is 29.3 Å². The van der Waals surface area contributed by atoms with Crippen molar-refractivity contribution in [2.45, 2.75) is 25.6 Å². The van der Waals surface area contributed by atoms with E-state index in [1.54, 1.807) is 4.90 Å². The number of nitrogens with zero attached hydrogens (tertiary/aromatic N) is 1. The molecule has 0 radical (unpaired) electrons. The summed E-state index contributed by atoms with van der Waals surface area (Å²) in [5.41, 5.74) is -0.748. The third-order valence-corrected chi connectivity index (χ3v) is 4.05. The molecule has 0 N–H and O–H groups in total. The van der Waals surface area contributed by atoms with Gasteiger partial charge in [-0.1, -0.05) is 13.0 Å². The first-order chi connectivity index (χ1) is 9.34. The lowest BCUT2D eigenvalue weighted by Crippen LogP contribution is -2.38. The molecule has 6 heteroatoms. The maximum atomic E-state index is 12.7. The molecule has 1 aliphatic heterocycles. The van der Waals surface area contributed by atoms with E-state index in [2.05, 4.69) is 0 Å². The van der Waals surface area contributed by atoms with Gasteiger partial charge in [0.15, 0.2) is 0 Å². The zero-order valence-electron chi connectivity index (χ0n) is 11.0. The SMILES string of the molecule is CC1CCN(C(=O)c2cccc(C(F)(F)F)c2)C1CCl. The van der Waals surface area contributed by atoms with Crippen LogP contribution in [0.25, 0.3) is 0 Å². The van der Waals surface area contributed by atoms with Crippen molar-refractivity contribution in [3.05, 3.63) is 35.4 Å². The highest BCUT2D eigenvalue weighted by Gasteiger charge is 2.35. The molecule has 1 heterocycles. The number of rotatable bonds is 2. The van der Waals surface area contributed by atoms with Crippen molar-refractivity contribution < 1.29 is 18.0 Å².